The topological polar surface area (TPSA) is 49.3 Å². The molecule has 2 aromatic carbocycles. The number of hydrogen-bond donors (Lipinski definition) is 2. The first kappa shape index (κ1) is 16.1. The molecule has 0 bridgehead atoms. The molecule has 0 unspecified atom stereocenters. The smallest absolute Gasteiger partial charge is 0.220 e. The van der Waals surface area contributed by atoms with Gasteiger partial charge in [0.1, 0.15) is 11.6 Å². The summed E-state index contributed by atoms with van der Waals surface area (Å²) in [7, 11) is 0. The molecule has 2 N–H and O–H groups in total. The lowest BCUT2D eigenvalue weighted by Gasteiger charge is -2.16. The fourth-order valence-electron chi connectivity index (χ4n) is 2.16. The SMILES string of the molecule is O=C(CCc1ccc(F)cc1F)N[C@@H](CO)c1ccccc1. The molecule has 116 valence electrons. The average molecular weight is 305 g/mol. The van der Waals surface area contributed by atoms with E-state index >= 15 is 0 Å². The van der Waals surface area contributed by atoms with Gasteiger partial charge in [0.2, 0.25) is 5.91 Å². The van der Waals surface area contributed by atoms with Gasteiger partial charge in [-0.2, -0.15) is 0 Å². The van der Waals surface area contributed by atoms with Crippen LogP contribution in [-0.4, -0.2) is 17.6 Å². The van der Waals surface area contributed by atoms with Gasteiger partial charge in [0.05, 0.1) is 12.6 Å². The highest BCUT2D eigenvalue weighted by Gasteiger charge is 2.14. The lowest BCUT2D eigenvalue weighted by Crippen LogP contribution is -2.30. The van der Waals surface area contributed by atoms with Crippen molar-refractivity contribution >= 4 is 5.91 Å². The molecule has 22 heavy (non-hydrogen) atoms. The third-order valence-corrected chi connectivity index (χ3v) is 3.36. The van der Waals surface area contributed by atoms with Gasteiger partial charge in [-0.3, -0.25) is 4.79 Å². The highest BCUT2D eigenvalue weighted by atomic mass is 19.1. The first-order valence-electron chi connectivity index (χ1n) is 6.99. The Bertz CT molecular complexity index is 632. The van der Waals surface area contributed by atoms with Crippen LogP contribution in [0.5, 0.6) is 0 Å². The Morgan fingerprint density at radius 2 is 1.86 bits per heavy atom. The molecule has 0 heterocycles. The predicted molar refractivity (Wildman–Crippen MR) is 79.1 cm³/mol. The van der Waals surface area contributed by atoms with Gasteiger partial charge in [-0.05, 0) is 23.6 Å². The van der Waals surface area contributed by atoms with Gasteiger partial charge in [0.15, 0.2) is 0 Å². The van der Waals surface area contributed by atoms with Crippen LogP contribution in [0.1, 0.15) is 23.6 Å². The van der Waals surface area contributed by atoms with Crippen molar-refractivity contribution in [3.8, 4) is 0 Å². The molecule has 5 heteroatoms. The van der Waals surface area contributed by atoms with Gasteiger partial charge in [-0.15, -0.1) is 0 Å². The van der Waals surface area contributed by atoms with Crippen LogP contribution in [0.4, 0.5) is 8.78 Å². The summed E-state index contributed by atoms with van der Waals surface area (Å²) in [6.45, 7) is -0.222. The Kier molecular flexibility index (Phi) is 5.61. The standard InChI is InChI=1S/C17H17F2NO2/c18-14-8-6-12(15(19)10-14)7-9-17(22)20-16(11-21)13-4-2-1-3-5-13/h1-6,8,10,16,21H,7,9,11H2,(H,20,22)/t16-/m0/s1. The highest BCUT2D eigenvalue weighted by molar-refractivity contribution is 5.76. The van der Waals surface area contributed by atoms with E-state index < -0.39 is 17.7 Å². The Balaban J connectivity index is 1.92. The maximum atomic E-state index is 13.5. The molecule has 1 atom stereocenters. The molecule has 2 rings (SSSR count). The quantitative estimate of drug-likeness (QED) is 0.862. The largest absolute Gasteiger partial charge is 0.394 e. The number of aryl methyl sites for hydroxylation is 1. The van der Waals surface area contributed by atoms with Crippen LogP contribution in [-0.2, 0) is 11.2 Å². The minimum absolute atomic E-state index is 0.0614. The van der Waals surface area contributed by atoms with E-state index in [0.717, 1.165) is 17.7 Å². The van der Waals surface area contributed by atoms with E-state index in [9.17, 15) is 18.7 Å². The van der Waals surface area contributed by atoms with Crippen LogP contribution in [0.15, 0.2) is 48.5 Å². The van der Waals surface area contributed by atoms with Gasteiger partial charge < -0.3 is 10.4 Å². The summed E-state index contributed by atoms with van der Waals surface area (Å²) in [5, 5.41) is 12.1. The van der Waals surface area contributed by atoms with Crippen molar-refractivity contribution in [2.75, 3.05) is 6.61 Å². The van der Waals surface area contributed by atoms with Crippen molar-refractivity contribution in [1.29, 1.82) is 0 Å². The van der Waals surface area contributed by atoms with E-state index in [1.165, 1.54) is 6.07 Å². The molecule has 0 aliphatic carbocycles. The van der Waals surface area contributed by atoms with Crippen LogP contribution in [0, 0.1) is 11.6 Å². The van der Waals surface area contributed by atoms with Crippen LogP contribution in [0.2, 0.25) is 0 Å². The molecular formula is C17H17F2NO2. The number of carbonyl (C=O) groups is 1. The molecule has 1 amide bonds. The molecular weight excluding hydrogens is 288 g/mol. The number of nitrogens with one attached hydrogen (secondary N) is 1. The second-order valence-corrected chi connectivity index (χ2v) is 4.95. The van der Waals surface area contributed by atoms with Gasteiger partial charge in [0.25, 0.3) is 0 Å². The number of benzene rings is 2. The minimum Gasteiger partial charge on any atom is -0.394 e. The van der Waals surface area contributed by atoms with E-state index in [0.29, 0.717) is 0 Å². The number of hydrogen-bond acceptors (Lipinski definition) is 2. The maximum absolute atomic E-state index is 13.5. The second kappa shape index (κ2) is 7.66. The van der Waals surface area contributed by atoms with Crippen molar-refractivity contribution in [2.24, 2.45) is 0 Å². The van der Waals surface area contributed by atoms with Gasteiger partial charge in [-0.1, -0.05) is 36.4 Å². The molecule has 0 aliphatic heterocycles. The number of aliphatic hydroxyl groups excluding tert-OH is 1. The first-order chi connectivity index (χ1) is 10.6. The van der Waals surface area contributed by atoms with Crippen molar-refractivity contribution in [2.45, 2.75) is 18.9 Å². The summed E-state index contributed by atoms with van der Waals surface area (Å²) in [5.74, 6) is -1.60. The Morgan fingerprint density at radius 3 is 2.50 bits per heavy atom. The van der Waals surface area contributed by atoms with Crippen molar-refractivity contribution in [3.63, 3.8) is 0 Å². The van der Waals surface area contributed by atoms with Crippen LogP contribution < -0.4 is 5.32 Å². The van der Waals surface area contributed by atoms with E-state index in [-0.39, 0.29) is 30.9 Å². The Hall–Kier alpha value is -2.27. The number of halogens is 2. The van der Waals surface area contributed by atoms with E-state index in [4.69, 9.17) is 0 Å². The maximum Gasteiger partial charge on any atom is 0.220 e. The average Bonchev–Trinajstić information content (AvgIpc) is 2.52. The van der Waals surface area contributed by atoms with Crippen LogP contribution in [0.25, 0.3) is 0 Å². The highest BCUT2D eigenvalue weighted by Crippen LogP contribution is 2.14. The van der Waals surface area contributed by atoms with Gasteiger partial charge >= 0.3 is 0 Å². The lowest BCUT2D eigenvalue weighted by molar-refractivity contribution is -0.122. The number of carbonyl (C=O) groups excluding carboxylic acids is 1. The molecule has 0 fully saturated rings. The third kappa shape index (κ3) is 4.36. The van der Waals surface area contributed by atoms with Crippen LogP contribution >= 0.6 is 0 Å². The predicted octanol–water partition coefficient (Wildman–Crippen LogP) is 2.75. The zero-order chi connectivity index (χ0) is 15.9. The zero-order valence-corrected chi connectivity index (χ0v) is 11.9. The summed E-state index contributed by atoms with van der Waals surface area (Å²) in [4.78, 5) is 11.9. The third-order valence-electron chi connectivity index (χ3n) is 3.36. The molecule has 0 saturated heterocycles. The fraction of sp³-hybridized carbons (Fsp3) is 0.235. The molecule has 0 aliphatic rings. The van der Waals surface area contributed by atoms with Crippen molar-refractivity contribution in [3.05, 3.63) is 71.3 Å². The fourth-order valence-corrected chi connectivity index (χ4v) is 2.16. The summed E-state index contributed by atoms with van der Waals surface area (Å²) in [5.41, 5.74) is 1.09. The van der Waals surface area contributed by atoms with E-state index in [2.05, 4.69) is 5.32 Å². The Labute approximate surface area is 127 Å². The van der Waals surface area contributed by atoms with Gasteiger partial charge in [-0.25, -0.2) is 8.78 Å². The van der Waals surface area contributed by atoms with Gasteiger partial charge in [0, 0.05) is 12.5 Å². The van der Waals surface area contributed by atoms with Crippen LogP contribution in [0.3, 0.4) is 0 Å². The molecule has 0 aromatic heterocycles. The monoisotopic (exact) mass is 305 g/mol. The first-order valence-corrected chi connectivity index (χ1v) is 6.99. The summed E-state index contributed by atoms with van der Waals surface area (Å²) < 4.78 is 26.3. The number of amides is 1. The van der Waals surface area contributed by atoms with E-state index in [1.807, 2.05) is 18.2 Å². The zero-order valence-electron chi connectivity index (χ0n) is 11.9. The summed E-state index contributed by atoms with van der Waals surface area (Å²) in [6, 6.07) is 11.9. The molecule has 0 radical (unpaired) electrons. The van der Waals surface area contributed by atoms with E-state index in [1.54, 1.807) is 12.1 Å². The lowest BCUT2D eigenvalue weighted by atomic mass is 10.1. The molecule has 2 aromatic rings. The molecule has 0 saturated carbocycles. The van der Waals surface area contributed by atoms with Crippen molar-refractivity contribution < 1.29 is 18.7 Å². The summed E-state index contributed by atoms with van der Waals surface area (Å²) >= 11 is 0. The Morgan fingerprint density at radius 1 is 1.14 bits per heavy atom. The second-order valence-electron chi connectivity index (χ2n) is 4.95. The molecule has 3 nitrogen and oxygen atoms in total. The normalized spacial score (nSPS) is 12.0. The summed E-state index contributed by atoms with van der Waals surface area (Å²) in [6.07, 6.45) is 0.233. The number of rotatable bonds is 6. The van der Waals surface area contributed by atoms with Crippen molar-refractivity contribution in [1.82, 2.24) is 5.32 Å². The minimum atomic E-state index is -0.658. The molecule has 0 spiro atoms. The number of aliphatic hydroxyl groups is 1.